The van der Waals surface area contributed by atoms with E-state index in [0.717, 1.165) is 30.6 Å². The average Bonchev–Trinajstić information content (AvgIpc) is 3.00. The van der Waals surface area contributed by atoms with Crippen LogP contribution in [0.15, 0.2) is 29.1 Å². The fraction of sp³-hybridized carbons (Fsp3) is 0.435. The summed E-state index contributed by atoms with van der Waals surface area (Å²) in [5.41, 5.74) is 0.270. The summed E-state index contributed by atoms with van der Waals surface area (Å²) in [6.45, 7) is 3.84. The molecule has 1 aliphatic rings. The SMILES string of the molecule is CCOC(=O)C=c1sc(=Cc2ccc(F)cc2)c(=O)n1CC(=O)NC1CCCCC1C. The number of ether oxygens (including phenoxy) is 1. The van der Waals surface area contributed by atoms with E-state index in [1.807, 2.05) is 0 Å². The zero-order chi connectivity index (χ0) is 22.4. The Morgan fingerprint density at radius 2 is 1.97 bits per heavy atom. The van der Waals surface area contributed by atoms with Gasteiger partial charge in [-0.3, -0.25) is 14.2 Å². The monoisotopic (exact) mass is 446 g/mol. The molecule has 2 atom stereocenters. The molecule has 1 amide bonds. The van der Waals surface area contributed by atoms with Gasteiger partial charge in [-0.15, -0.1) is 11.3 Å². The van der Waals surface area contributed by atoms with Crippen LogP contribution in [0.2, 0.25) is 0 Å². The lowest BCUT2D eigenvalue weighted by atomic mass is 9.86. The maximum atomic E-state index is 13.2. The van der Waals surface area contributed by atoms with Gasteiger partial charge < -0.3 is 10.1 Å². The lowest BCUT2D eigenvalue weighted by molar-refractivity contribution is -0.135. The largest absolute Gasteiger partial charge is 0.463 e. The van der Waals surface area contributed by atoms with Crippen molar-refractivity contribution in [1.82, 2.24) is 9.88 Å². The molecule has 0 bridgehead atoms. The van der Waals surface area contributed by atoms with Crippen LogP contribution in [-0.4, -0.2) is 29.1 Å². The van der Waals surface area contributed by atoms with Gasteiger partial charge in [0.05, 0.1) is 17.2 Å². The van der Waals surface area contributed by atoms with Crippen molar-refractivity contribution in [3.8, 4) is 0 Å². The quantitative estimate of drug-likeness (QED) is 0.688. The summed E-state index contributed by atoms with van der Waals surface area (Å²) in [6, 6.07) is 5.83. The normalized spacial score (nSPS) is 20.0. The number of rotatable bonds is 6. The first-order chi connectivity index (χ1) is 14.9. The lowest BCUT2D eigenvalue weighted by Gasteiger charge is -2.29. The summed E-state index contributed by atoms with van der Waals surface area (Å²) in [7, 11) is 0. The molecular formula is C23H27FN2O4S. The van der Waals surface area contributed by atoms with Gasteiger partial charge in [-0.05, 0) is 49.5 Å². The maximum Gasteiger partial charge on any atom is 0.333 e. The number of thiazole rings is 1. The molecular weight excluding hydrogens is 419 g/mol. The molecule has 31 heavy (non-hydrogen) atoms. The van der Waals surface area contributed by atoms with Crippen LogP contribution in [0.1, 0.15) is 45.1 Å². The molecule has 1 aliphatic carbocycles. The number of hydrogen-bond acceptors (Lipinski definition) is 5. The zero-order valence-corrected chi connectivity index (χ0v) is 18.5. The highest BCUT2D eigenvalue weighted by molar-refractivity contribution is 7.07. The molecule has 0 aliphatic heterocycles. The predicted molar refractivity (Wildman–Crippen MR) is 118 cm³/mol. The van der Waals surface area contributed by atoms with Gasteiger partial charge in [0.1, 0.15) is 17.0 Å². The van der Waals surface area contributed by atoms with E-state index in [1.54, 1.807) is 25.1 Å². The molecule has 2 aromatic rings. The Kier molecular flexibility index (Phi) is 7.79. The average molecular weight is 447 g/mol. The van der Waals surface area contributed by atoms with Gasteiger partial charge in [0.25, 0.3) is 5.56 Å². The second kappa shape index (κ2) is 10.5. The van der Waals surface area contributed by atoms with Gasteiger partial charge in [0, 0.05) is 6.04 Å². The number of benzene rings is 1. The van der Waals surface area contributed by atoms with E-state index in [-0.39, 0.29) is 36.5 Å². The molecule has 1 heterocycles. The van der Waals surface area contributed by atoms with E-state index in [1.165, 1.54) is 29.2 Å². The number of hydrogen-bond donors (Lipinski definition) is 1. The number of nitrogens with one attached hydrogen (secondary N) is 1. The molecule has 1 N–H and O–H groups in total. The summed E-state index contributed by atoms with van der Waals surface area (Å²) in [4.78, 5) is 37.7. The third kappa shape index (κ3) is 6.13. The fourth-order valence-electron chi connectivity index (χ4n) is 3.71. The molecule has 2 unspecified atom stereocenters. The fourth-order valence-corrected chi connectivity index (χ4v) is 4.75. The van der Waals surface area contributed by atoms with Crippen molar-refractivity contribution in [2.75, 3.05) is 6.61 Å². The van der Waals surface area contributed by atoms with Gasteiger partial charge in [0.15, 0.2) is 0 Å². The van der Waals surface area contributed by atoms with Crippen LogP contribution in [0.4, 0.5) is 4.39 Å². The van der Waals surface area contributed by atoms with Crippen LogP contribution in [0.3, 0.4) is 0 Å². The number of aromatic nitrogens is 1. The summed E-state index contributed by atoms with van der Waals surface area (Å²) >= 11 is 1.09. The molecule has 1 aromatic heterocycles. The maximum absolute atomic E-state index is 13.2. The third-order valence-corrected chi connectivity index (χ3v) is 6.45. The number of carbonyl (C=O) groups is 2. The van der Waals surface area contributed by atoms with E-state index in [0.29, 0.717) is 20.7 Å². The molecule has 1 saturated carbocycles. The molecule has 0 radical (unpaired) electrons. The summed E-state index contributed by atoms with van der Waals surface area (Å²) in [5, 5.41) is 3.04. The Bertz CT molecular complexity index is 1100. The molecule has 0 saturated heterocycles. The number of amides is 1. The Morgan fingerprint density at radius 1 is 1.26 bits per heavy atom. The zero-order valence-electron chi connectivity index (χ0n) is 17.7. The highest BCUT2D eigenvalue weighted by atomic mass is 32.1. The Labute approximate surface area is 184 Å². The Balaban J connectivity index is 1.94. The molecule has 6 nitrogen and oxygen atoms in total. The Morgan fingerprint density at radius 3 is 2.65 bits per heavy atom. The van der Waals surface area contributed by atoms with Gasteiger partial charge in [-0.1, -0.05) is 31.9 Å². The predicted octanol–water partition coefficient (Wildman–Crippen LogP) is 1.92. The highest BCUT2D eigenvalue weighted by Crippen LogP contribution is 2.23. The number of halogens is 1. The van der Waals surface area contributed by atoms with Crippen molar-refractivity contribution in [2.24, 2.45) is 5.92 Å². The summed E-state index contributed by atoms with van der Waals surface area (Å²) in [6.07, 6.45) is 7.09. The number of nitrogens with zero attached hydrogens (tertiary/aromatic N) is 1. The smallest absolute Gasteiger partial charge is 0.333 e. The third-order valence-electron chi connectivity index (χ3n) is 5.39. The minimum absolute atomic E-state index is 0.0957. The van der Waals surface area contributed by atoms with Crippen molar-refractivity contribution in [2.45, 2.75) is 52.1 Å². The summed E-state index contributed by atoms with van der Waals surface area (Å²) < 4.78 is 20.1. The van der Waals surface area contributed by atoms with E-state index < -0.39 is 5.97 Å². The Hall–Kier alpha value is -2.74. The van der Waals surface area contributed by atoms with Crippen molar-refractivity contribution in [3.05, 3.63) is 55.2 Å². The summed E-state index contributed by atoms with van der Waals surface area (Å²) in [5.74, 6) is -0.812. The van der Waals surface area contributed by atoms with Crippen LogP contribution in [0.25, 0.3) is 12.2 Å². The lowest BCUT2D eigenvalue weighted by Crippen LogP contribution is -2.45. The molecule has 1 fully saturated rings. The van der Waals surface area contributed by atoms with Crippen LogP contribution >= 0.6 is 11.3 Å². The van der Waals surface area contributed by atoms with Gasteiger partial charge in [-0.25, -0.2) is 9.18 Å². The van der Waals surface area contributed by atoms with Crippen LogP contribution in [-0.2, 0) is 20.9 Å². The second-order valence-electron chi connectivity index (χ2n) is 7.72. The second-order valence-corrected chi connectivity index (χ2v) is 8.79. The number of carbonyl (C=O) groups excluding carboxylic acids is 2. The molecule has 3 rings (SSSR count). The van der Waals surface area contributed by atoms with Crippen LogP contribution in [0, 0.1) is 11.7 Å². The van der Waals surface area contributed by atoms with Crippen LogP contribution < -0.4 is 20.1 Å². The van der Waals surface area contributed by atoms with E-state index in [2.05, 4.69) is 12.2 Å². The van der Waals surface area contributed by atoms with Crippen molar-refractivity contribution in [1.29, 1.82) is 0 Å². The van der Waals surface area contributed by atoms with Gasteiger partial charge in [-0.2, -0.15) is 0 Å². The molecule has 8 heteroatoms. The van der Waals surface area contributed by atoms with E-state index in [4.69, 9.17) is 4.74 Å². The van der Waals surface area contributed by atoms with Crippen molar-refractivity contribution < 1.29 is 18.7 Å². The van der Waals surface area contributed by atoms with Crippen molar-refractivity contribution >= 4 is 35.4 Å². The minimum Gasteiger partial charge on any atom is -0.463 e. The molecule has 1 aromatic carbocycles. The van der Waals surface area contributed by atoms with Gasteiger partial charge in [0.2, 0.25) is 5.91 Å². The highest BCUT2D eigenvalue weighted by Gasteiger charge is 2.23. The van der Waals surface area contributed by atoms with E-state index >= 15 is 0 Å². The molecule has 166 valence electrons. The minimum atomic E-state index is -0.577. The van der Waals surface area contributed by atoms with E-state index in [9.17, 15) is 18.8 Å². The molecule has 0 spiro atoms. The van der Waals surface area contributed by atoms with Crippen molar-refractivity contribution in [3.63, 3.8) is 0 Å². The first-order valence-corrected chi connectivity index (χ1v) is 11.3. The van der Waals surface area contributed by atoms with Gasteiger partial charge >= 0.3 is 5.97 Å². The standard InChI is InChI=1S/C23H27FN2O4S/c1-3-30-22(28)13-21-26(14-20(27)25-18-7-5-4-6-15(18)2)23(29)19(31-21)12-16-8-10-17(24)11-9-16/h8-13,15,18H,3-7,14H2,1-2H3,(H,25,27). The number of esters is 1. The first-order valence-electron chi connectivity index (χ1n) is 10.5. The van der Waals surface area contributed by atoms with Crippen LogP contribution in [0.5, 0.6) is 0 Å². The topological polar surface area (TPSA) is 77.4 Å². The first kappa shape index (κ1) is 22.9.